The molecule has 0 aliphatic heterocycles. The van der Waals surface area contributed by atoms with E-state index in [-0.39, 0.29) is 23.7 Å². The summed E-state index contributed by atoms with van der Waals surface area (Å²) in [5, 5.41) is 0.450. The third-order valence-electron chi connectivity index (χ3n) is 3.74. The summed E-state index contributed by atoms with van der Waals surface area (Å²) in [6, 6.07) is 12.2. The second-order valence-corrected chi connectivity index (χ2v) is 10.0. The Morgan fingerprint density at radius 3 is 2.11 bits per heavy atom. The molecule has 0 bridgehead atoms. The summed E-state index contributed by atoms with van der Waals surface area (Å²) in [5.41, 5.74) is 0.691. The Hall–Kier alpha value is -1.65. The molecule has 0 aromatic heterocycles. The van der Waals surface area contributed by atoms with E-state index < -0.39 is 20.1 Å². The lowest BCUT2D eigenvalue weighted by atomic mass is 10.2. The molecule has 0 fully saturated rings. The lowest BCUT2D eigenvalue weighted by Crippen LogP contribution is -2.32. The number of methoxy groups -OCH3 is 1. The van der Waals surface area contributed by atoms with Crippen LogP contribution in [0.5, 0.6) is 5.75 Å². The van der Waals surface area contributed by atoms with Crippen LogP contribution in [0.15, 0.2) is 53.4 Å². The number of ether oxygens (including phenoxy) is 1. The van der Waals surface area contributed by atoms with Crippen molar-refractivity contribution in [1.29, 1.82) is 0 Å². The standard InChI is InChI=1S/C18H22ClNO6S2/c1-25-13-3-12-20(28(23,24)18-10-6-16(19)7-11-18)14-15-4-8-17(9-5-15)26-27(2,21)22/h4-11H,3,12-14H2,1-2H3. The summed E-state index contributed by atoms with van der Waals surface area (Å²) >= 11 is 5.85. The van der Waals surface area contributed by atoms with Crippen LogP contribution >= 0.6 is 11.6 Å². The molecule has 0 aliphatic carbocycles. The van der Waals surface area contributed by atoms with E-state index in [9.17, 15) is 16.8 Å². The lowest BCUT2D eigenvalue weighted by molar-refractivity contribution is 0.186. The summed E-state index contributed by atoms with van der Waals surface area (Å²) in [6.07, 6.45) is 1.48. The molecule has 0 spiro atoms. The van der Waals surface area contributed by atoms with Crippen LogP contribution < -0.4 is 4.18 Å². The van der Waals surface area contributed by atoms with Crippen LogP contribution in [0.25, 0.3) is 0 Å². The molecule has 10 heteroatoms. The second kappa shape index (κ2) is 9.71. The van der Waals surface area contributed by atoms with E-state index in [2.05, 4.69) is 0 Å². The summed E-state index contributed by atoms with van der Waals surface area (Å²) in [7, 11) is -5.81. The Balaban J connectivity index is 2.24. The van der Waals surface area contributed by atoms with E-state index in [4.69, 9.17) is 20.5 Å². The molecule has 0 saturated heterocycles. The van der Waals surface area contributed by atoms with E-state index in [0.717, 1.165) is 6.26 Å². The molecule has 7 nitrogen and oxygen atoms in total. The molecule has 0 radical (unpaired) electrons. The highest BCUT2D eigenvalue weighted by molar-refractivity contribution is 7.89. The van der Waals surface area contributed by atoms with Crippen molar-refractivity contribution >= 4 is 31.7 Å². The Kier molecular flexibility index (Phi) is 7.85. The zero-order valence-electron chi connectivity index (χ0n) is 15.5. The predicted octanol–water partition coefficient (Wildman–Crippen LogP) is 2.91. The number of nitrogens with zero attached hydrogens (tertiary/aromatic N) is 1. The smallest absolute Gasteiger partial charge is 0.306 e. The molecule has 2 aromatic rings. The van der Waals surface area contributed by atoms with Gasteiger partial charge >= 0.3 is 10.1 Å². The summed E-state index contributed by atoms with van der Waals surface area (Å²) in [4.78, 5) is 0.145. The average molecular weight is 448 g/mol. The van der Waals surface area contributed by atoms with Crippen molar-refractivity contribution in [2.75, 3.05) is 26.5 Å². The molecule has 0 saturated carbocycles. The molecular formula is C18H22ClNO6S2. The van der Waals surface area contributed by atoms with Crippen LogP contribution in [0.2, 0.25) is 5.02 Å². The van der Waals surface area contributed by atoms with Crippen LogP contribution in [-0.4, -0.2) is 47.7 Å². The fraction of sp³-hybridized carbons (Fsp3) is 0.333. The van der Waals surface area contributed by atoms with Gasteiger partial charge in [-0.1, -0.05) is 23.7 Å². The van der Waals surface area contributed by atoms with Crippen molar-refractivity contribution in [3.63, 3.8) is 0 Å². The number of sulfonamides is 1. The van der Waals surface area contributed by atoms with Gasteiger partial charge in [-0.2, -0.15) is 12.7 Å². The van der Waals surface area contributed by atoms with Gasteiger partial charge in [0.15, 0.2) is 0 Å². The van der Waals surface area contributed by atoms with E-state index in [1.807, 2.05) is 0 Å². The van der Waals surface area contributed by atoms with Crippen molar-refractivity contribution < 1.29 is 25.8 Å². The molecule has 0 amide bonds. The van der Waals surface area contributed by atoms with E-state index >= 15 is 0 Å². The van der Waals surface area contributed by atoms with Gasteiger partial charge in [-0.3, -0.25) is 0 Å². The first-order valence-corrected chi connectivity index (χ1v) is 12.0. The van der Waals surface area contributed by atoms with Crippen LogP contribution in [0, 0.1) is 0 Å². The molecule has 0 unspecified atom stereocenters. The zero-order chi connectivity index (χ0) is 20.8. The van der Waals surface area contributed by atoms with Crippen LogP contribution in [0.1, 0.15) is 12.0 Å². The Morgan fingerprint density at radius 2 is 1.57 bits per heavy atom. The van der Waals surface area contributed by atoms with Crippen molar-refractivity contribution in [3.05, 3.63) is 59.1 Å². The van der Waals surface area contributed by atoms with Gasteiger partial charge in [0.25, 0.3) is 0 Å². The van der Waals surface area contributed by atoms with Crippen LogP contribution in [0.4, 0.5) is 0 Å². The monoisotopic (exact) mass is 447 g/mol. The maximum absolute atomic E-state index is 13.0. The lowest BCUT2D eigenvalue weighted by Gasteiger charge is -2.22. The topological polar surface area (TPSA) is 90.0 Å². The second-order valence-electron chi connectivity index (χ2n) is 6.07. The first-order chi connectivity index (χ1) is 13.1. The fourth-order valence-corrected chi connectivity index (χ4v) is 4.51. The average Bonchev–Trinajstić information content (AvgIpc) is 2.61. The van der Waals surface area contributed by atoms with Gasteiger partial charge in [-0.25, -0.2) is 8.42 Å². The summed E-state index contributed by atoms with van der Waals surface area (Å²) < 4.78 is 59.6. The van der Waals surface area contributed by atoms with Crippen molar-refractivity contribution in [2.24, 2.45) is 0 Å². The van der Waals surface area contributed by atoms with Gasteiger partial charge < -0.3 is 8.92 Å². The molecule has 2 aromatic carbocycles. The van der Waals surface area contributed by atoms with Crippen LogP contribution in [0.3, 0.4) is 0 Å². The third-order valence-corrected chi connectivity index (χ3v) is 6.34. The van der Waals surface area contributed by atoms with Gasteiger partial charge in [0.05, 0.1) is 11.2 Å². The maximum Gasteiger partial charge on any atom is 0.306 e. The van der Waals surface area contributed by atoms with Crippen LogP contribution in [-0.2, 0) is 31.4 Å². The fourth-order valence-electron chi connectivity index (χ4n) is 2.45. The van der Waals surface area contributed by atoms with Crippen molar-refractivity contribution in [1.82, 2.24) is 4.31 Å². The Morgan fingerprint density at radius 1 is 0.964 bits per heavy atom. The minimum Gasteiger partial charge on any atom is -0.385 e. The van der Waals surface area contributed by atoms with Crippen molar-refractivity contribution in [2.45, 2.75) is 17.9 Å². The van der Waals surface area contributed by atoms with Gasteiger partial charge in [-0.15, -0.1) is 0 Å². The predicted molar refractivity (Wildman–Crippen MR) is 107 cm³/mol. The van der Waals surface area contributed by atoms with Gasteiger partial charge in [-0.05, 0) is 48.4 Å². The van der Waals surface area contributed by atoms with E-state index in [0.29, 0.717) is 23.6 Å². The minimum atomic E-state index is -3.74. The molecule has 2 rings (SSSR count). The molecule has 0 N–H and O–H groups in total. The van der Waals surface area contributed by atoms with Gasteiger partial charge in [0, 0.05) is 31.8 Å². The number of benzene rings is 2. The summed E-state index contributed by atoms with van der Waals surface area (Å²) in [5.74, 6) is 0.165. The normalized spacial score (nSPS) is 12.3. The molecule has 154 valence electrons. The van der Waals surface area contributed by atoms with Gasteiger partial charge in [0.2, 0.25) is 10.0 Å². The maximum atomic E-state index is 13.0. The highest BCUT2D eigenvalue weighted by atomic mass is 35.5. The van der Waals surface area contributed by atoms with E-state index in [1.165, 1.54) is 40.7 Å². The molecule has 0 aliphatic rings. The molecule has 28 heavy (non-hydrogen) atoms. The number of hydrogen-bond donors (Lipinski definition) is 0. The molecule has 0 heterocycles. The SMILES string of the molecule is COCCCN(Cc1ccc(OS(C)(=O)=O)cc1)S(=O)(=O)c1ccc(Cl)cc1. The number of halogens is 1. The van der Waals surface area contributed by atoms with Crippen molar-refractivity contribution in [3.8, 4) is 5.75 Å². The van der Waals surface area contributed by atoms with E-state index in [1.54, 1.807) is 19.2 Å². The first kappa shape index (κ1) is 22.6. The quantitative estimate of drug-likeness (QED) is 0.411. The third kappa shape index (κ3) is 6.75. The number of hydrogen-bond acceptors (Lipinski definition) is 6. The molecular weight excluding hydrogens is 426 g/mol. The Bertz CT molecular complexity index is 974. The largest absolute Gasteiger partial charge is 0.385 e. The minimum absolute atomic E-state index is 0.119. The first-order valence-electron chi connectivity index (χ1n) is 8.35. The number of rotatable bonds is 10. The zero-order valence-corrected chi connectivity index (χ0v) is 17.9. The highest BCUT2D eigenvalue weighted by Gasteiger charge is 2.24. The summed E-state index contributed by atoms with van der Waals surface area (Å²) in [6.45, 7) is 0.808. The van der Waals surface area contributed by atoms with Gasteiger partial charge in [0.1, 0.15) is 5.75 Å². The Labute approximate surface area is 171 Å². The highest BCUT2D eigenvalue weighted by Crippen LogP contribution is 2.22. The molecule has 0 atom stereocenters.